The molecular weight excluding hydrogens is 296 g/mol. The van der Waals surface area contributed by atoms with Crippen molar-refractivity contribution in [2.75, 3.05) is 0 Å². The smallest absolute Gasteiger partial charge is 0.309 e. The van der Waals surface area contributed by atoms with Gasteiger partial charge in [-0.2, -0.15) is 5.10 Å². The van der Waals surface area contributed by atoms with Crippen molar-refractivity contribution < 1.29 is 9.72 Å². The largest absolute Gasteiger partial charge is 0.353 e. The van der Waals surface area contributed by atoms with Gasteiger partial charge in [0.1, 0.15) is 11.9 Å². The molecule has 2 aliphatic carbocycles. The van der Waals surface area contributed by atoms with Gasteiger partial charge in [0.25, 0.3) is 0 Å². The van der Waals surface area contributed by atoms with E-state index in [9.17, 15) is 14.9 Å². The van der Waals surface area contributed by atoms with Crippen molar-refractivity contribution in [3.8, 4) is 0 Å². The zero-order valence-electron chi connectivity index (χ0n) is 13.7. The Morgan fingerprint density at radius 1 is 1.52 bits per heavy atom. The van der Waals surface area contributed by atoms with Gasteiger partial charge in [-0.3, -0.25) is 19.6 Å². The number of fused-ring (bicyclic) bond motifs is 2. The third kappa shape index (κ3) is 3.38. The highest BCUT2D eigenvalue weighted by Gasteiger charge is 2.42. The molecule has 1 aromatic rings. The summed E-state index contributed by atoms with van der Waals surface area (Å²) in [7, 11) is 0. The van der Waals surface area contributed by atoms with Crippen LogP contribution >= 0.6 is 0 Å². The van der Waals surface area contributed by atoms with E-state index < -0.39 is 4.92 Å². The monoisotopic (exact) mass is 320 g/mol. The van der Waals surface area contributed by atoms with Crippen LogP contribution in [0.2, 0.25) is 0 Å². The molecule has 0 unspecified atom stereocenters. The van der Waals surface area contributed by atoms with Crippen LogP contribution in [0.15, 0.2) is 6.20 Å². The third-order valence-electron chi connectivity index (χ3n) is 5.51. The van der Waals surface area contributed by atoms with E-state index in [0.29, 0.717) is 24.6 Å². The van der Waals surface area contributed by atoms with Crippen LogP contribution in [0.5, 0.6) is 0 Å². The molecule has 126 valence electrons. The van der Waals surface area contributed by atoms with Crippen LogP contribution in [0.1, 0.15) is 44.7 Å². The van der Waals surface area contributed by atoms with Gasteiger partial charge in [-0.25, -0.2) is 0 Å². The molecule has 4 atom stereocenters. The predicted octanol–water partition coefficient (Wildman–Crippen LogP) is 2.43. The Bertz CT molecular complexity index is 612. The molecule has 2 aliphatic rings. The average molecular weight is 320 g/mol. The molecule has 2 saturated carbocycles. The molecule has 1 N–H and O–H groups in total. The SMILES string of the molecule is Cc1nn(CCC(=O)N[C@H](C)[C@H]2C[C@@H]3CC[C@@H]2C3)cc1[N+](=O)[O-]. The van der Waals surface area contributed by atoms with Crippen molar-refractivity contribution in [2.24, 2.45) is 17.8 Å². The molecule has 0 spiro atoms. The van der Waals surface area contributed by atoms with E-state index >= 15 is 0 Å². The van der Waals surface area contributed by atoms with E-state index in [0.717, 1.165) is 11.8 Å². The van der Waals surface area contributed by atoms with Crippen molar-refractivity contribution in [1.82, 2.24) is 15.1 Å². The van der Waals surface area contributed by atoms with Crippen LogP contribution in [-0.4, -0.2) is 26.7 Å². The molecule has 0 aliphatic heterocycles. The van der Waals surface area contributed by atoms with E-state index in [2.05, 4.69) is 17.3 Å². The standard InChI is InChI=1S/C16H24N4O3/c1-10(14-8-12-3-4-13(14)7-12)17-16(21)5-6-19-9-15(20(22)23)11(2)18-19/h9-10,12-14H,3-8H2,1-2H3,(H,17,21)/t10-,12-,13-,14-/m1/s1. The van der Waals surface area contributed by atoms with Crippen LogP contribution in [0.25, 0.3) is 0 Å². The highest BCUT2D eigenvalue weighted by molar-refractivity contribution is 5.76. The summed E-state index contributed by atoms with van der Waals surface area (Å²) in [5.74, 6) is 2.27. The van der Waals surface area contributed by atoms with E-state index in [1.54, 1.807) is 6.92 Å². The molecule has 2 bridgehead atoms. The van der Waals surface area contributed by atoms with Gasteiger partial charge in [-0.1, -0.05) is 6.42 Å². The molecule has 1 heterocycles. The molecule has 7 nitrogen and oxygen atoms in total. The predicted molar refractivity (Wildman–Crippen MR) is 84.8 cm³/mol. The summed E-state index contributed by atoms with van der Waals surface area (Å²) in [5.41, 5.74) is 0.381. The first kappa shape index (κ1) is 16.0. The van der Waals surface area contributed by atoms with Gasteiger partial charge in [0.2, 0.25) is 5.91 Å². The number of nitrogens with zero attached hydrogens (tertiary/aromatic N) is 3. The number of nitrogens with one attached hydrogen (secondary N) is 1. The molecule has 0 aromatic carbocycles. The quantitative estimate of drug-likeness (QED) is 0.644. The van der Waals surface area contributed by atoms with Crippen LogP contribution < -0.4 is 5.32 Å². The van der Waals surface area contributed by atoms with Gasteiger partial charge in [0, 0.05) is 19.0 Å². The van der Waals surface area contributed by atoms with E-state index in [1.807, 2.05) is 0 Å². The van der Waals surface area contributed by atoms with Crippen molar-refractivity contribution >= 4 is 11.6 Å². The minimum atomic E-state index is -0.448. The second-order valence-electron chi connectivity index (χ2n) is 7.06. The van der Waals surface area contributed by atoms with Crippen molar-refractivity contribution in [3.63, 3.8) is 0 Å². The lowest BCUT2D eigenvalue weighted by atomic mass is 9.84. The summed E-state index contributed by atoms with van der Waals surface area (Å²) >= 11 is 0. The number of carbonyl (C=O) groups is 1. The molecular formula is C16H24N4O3. The molecule has 1 amide bonds. The van der Waals surface area contributed by atoms with Crippen molar-refractivity contribution in [3.05, 3.63) is 22.0 Å². The highest BCUT2D eigenvalue weighted by atomic mass is 16.6. The van der Waals surface area contributed by atoms with E-state index in [1.165, 1.54) is 36.6 Å². The Balaban J connectivity index is 1.48. The van der Waals surface area contributed by atoms with Crippen molar-refractivity contribution in [1.29, 1.82) is 0 Å². The number of hydrogen-bond acceptors (Lipinski definition) is 4. The number of hydrogen-bond donors (Lipinski definition) is 1. The van der Waals surface area contributed by atoms with Crippen LogP contribution in [0.3, 0.4) is 0 Å². The molecule has 23 heavy (non-hydrogen) atoms. The lowest BCUT2D eigenvalue weighted by Crippen LogP contribution is -2.40. The van der Waals surface area contributed by atoms with Crippen LogP contribution in [-0.2, 0) is 11.3 Å². The summed E-state index contributed by atoms with van der Waals surface area (Å²) in [4.78, 5) is 22.5. The molecule has 0 radical (unpaired) electrons. The average Bonchev–Trinajstić information content (AvgIpc) is 3.19. The van der Waals surface area contributed by atoms with Gasteiger partial charge in [0.15, 0.2) is 0 Å². The number of carbonyl (C=O) groups excluding carboxylic acids is 1. The number of rotatable bonds is 6. The second kappa shape index (κ2) is 6.29. The lowest BCUT2D eigenvalue weighted by molar-refractivity contribution is -0.385. The third-order valence-corrected chi connectivity index (χ3v) is 5.51. The number of aromatic nitrogens is 2. The summed E-state index contributed by atoms with van der Waals surface area (Å²) in [6.07, 6.45) is 6.94. The first-order chi connectivity index (χ1) is 10.9. The molecule has 0 saturated heterocycles. The van der Waals surface area contributed by atoms with Gasteiger partial charge < -0.3 is 5.32 Å². The minimum absolute atomic E-state index is 0.000701. The summed E-state index contributed by atoms with van der Waals surface area (Å²) < 4.78 is 1.48. The second-order valence-corrected chi connectivity index (χ2v) is 7.06. The summed E-state index contributed by atoms with van der Waals surface area (Å²) in [5, 5.41) is 18.0. The van der Waals surface area contributed by atoms with Gasteiger partial charge >= 0.3 is 5.69 Å². The maximum atomic E-state index is 12.1. The zero-order valence-corrected chi connectivity index (χ0v) is 13.7. The zero-order chi connectivity index (χ0) is 16.6. The first-order valence-electron chi connectivity index (χ1n) is 8.42. The first-order valence-corrected chi connectivity index (χ1v) is 8.42. The van der Waals surface area contributed by atoms with Gasteiger partial charge in [0.05, 0.1) is 4.92 Å². The lowest BCUT2D eigenvalue weighted by Gasteiger charge is -2.28. The Morgan fingerprint density at radius 2 is 2.30 bits per heavy atom. The van der Waals surface area contributed by atoms with Gasteiger partial charge in [-0.15, -0.1) is 0 Å². The van der Waals surface area contributed by atoms with Gasteiger partial charge in [-0.05, 0) is 50.9 Å². The maximum Gasteiger partial charge on any atom is 0.309 e. The summed E-state index contributed by atoms with van der Waals surface area (Å²) in [6, 6.07) is 0.214. The number of amides is 1. The molecule has 7 heteroatoms. The van der Waals surface area contributed by atoms with Crippen LogP contribution in [0, 0.1) is 34.8 Å². The Hall–Kier alpha value is -1.92. The minimum Gasteiger partial charge on any atom is -0.353 e. The molecule has 1 aromatic heterocycles. The topological polar surface area (TPSA) is 90.1 Å². The number of aryl methyl sites for hydroxylation is 2. The highest BCUT2D eigenvalue weighted by Crippen LogP contribution is 2.49. The number of nitro groups is 1. The fourth-order valence-corrected chi connectivity index (χ4v) is 4.36. The van der Waals surface area contributed by atoms with E-state index in [-0.39, 0.29) is 17.6 Å². The molecule has 3 rings (SSSR count). The van der Waals surface area contributed by atoms with Crippen molar-refractivity contribution in [2.45, 2.75) is 58.5 Å². The van der Waals surface area contributed by atoms with E-state index in [4.69, 9.17) is 0 Å². The normalized spacial score (nSPS) is 27.1. The summed E-state index contributed by atoms with van der Waals surface area (Å²) in [6.45, 7) is 4.07. The maximum absolute atomic E-state index is 12.1. The Morgan fingerprint density at radius 3 is 2.87 bits per heavy atom. The fraction of sp³-hybridized carbons (Fsp3) is 0.750. The Kier molecular flexibility index (Phi) is 4.37. The fourth-order valence-electron chi connectivity index (χ4n) is 4.36. The molecule has 2 fully saturated rings. The Labute approximate surface area is 135 Å². The van der Waals surface area contributed by atoms with Crippen LogP contribution in [0.4, 0.5) is 5.69 Å².